The van der Waals surface area contributed by atoms with Crippen LogP contribution in [0.1, 0.15) is 116 Å². The number of ether oxygens (including phenoxy) is 1. The molecule has 0 radical (unpaired) electrons. The van der Waals surface area contributed by atoms with Crippen LogP contribution in [0.4, 0.5) is 0 Å². The lowest BCUT2D eigenvalue weighted by atomic mass is 9.32. The lowest BCUT2D eigenvalue weighted by Gasteiger charge is -2.72. The molecule has 0 bridgehead atoms. The van der Waals surface area contributed by atoms with Crippen LogP contribution in [0.3, 0.4) is 0 Å². The third-order valence-electron chi connectivity index (χ3n) is 15.8. The van der Waals surface area contributed by atoms with Gasteiger partial charge in [-0.25, -0.2) is 4.79 Å². The first kappa shape index (κ1) is 32.7. The number of benzene rings is 2. The van der Waals surface area contributed by atoms with E-state index in [2.05, 4.69) is 65.8 Å². The van der Waals surface area contributed by atoms with Crippen LogP contribution in [-0.2, 0) is 9.53 Å². The fourth-order valence-corrected chi connectivity index (χ4v) is 13.3. The Labute approximate surface area is 282 Å². The molecule has 7 rings (SSSR count). The van der Waals surface area contributed by atoms with Gasteiger partial charge in [0.25, 0.3) is 0 Å². The number of allylic oxidation sites excluding steroid dienone is 2. The van der Waals surface area contributed by atoms with Crippen LogP contribution in [0, 0.1) is 56.7 Å². The normalized spacial score (nSPS) is 42.1. The Kier molecular flexibility index (Phi) is 7.88. The van der Waals surface area contributed by atoms with E-state index in [-0.39, 0.29) is 39.7 Å². The van der Waals surface area contributed by atoms with Crippen molar-refractivity contribution in [2.45, 2.75) is 112 Å². The molecule has 2 aromatic rings. The SMILES string of the molecule is C/C=C/[C@@H]1CCC2(C(=O)O)CC[C@]3(C)[C@H](CCC4[C@@]5(C)CC[C@H](OC(=O)c6ccc(-c7ccccc7)cc6)C(C)(C)[C@@H]5CC[C@]43C)C12. The van der Waals surface area contributed by atoms with Gasteiger partial charge >= 0.3 is 11.9 Å². The van der Waals surface area contributed by atoms with E-state index in [1.54, 1.807) is 0 Å². The quantitative estimate of drug-likeness (QED) is 0.262. The summed E-state index contributed by atoms with van der Waals surface area (Å²) in [5.41, 5.74) is 2.67. The number of rotatable bonds is 5. The highest BCUT2D eigenvalue weighted by Crippen LogP contribution is 2.77. The molecule has 252 valence electrons. The standard InChI is InChI=1S/C43H56O4/c1-7-11-30-20-25-43(38(45)46)27-26-41(5)32(36(30)43)18-19-34-40(4)23-22-35(39(2,3)33(40)21-24-42(34,41)6)47-37(44)31-16-14-29(15-17-31)28-12-9-8-10-13-28/h7-17,30,32-36H,18-27H2,1-6H3,(H,45,46)/b11-7+/t30-,32-,33+,34?,35+,36?,40+,41-,42-,43?/m1/s1. The van der Waals surface area contributed by atoms with Crippen molar-refractivity contribution in [3.8, 4) is 11.1 Å². The van der Waals surface area contributed by atoms with E-state index in [4.69, 9.17) is 4.74 Å². The number of carboxylic acids is 1. The number of esters is 1. The topological polar surface area (TPSA) is 63.6 Å². The molecule has 4 heteroatoms. The van der Waals surface area contributed by atoms with Crippen molar-refractivity contribution in [1.29, 1.82) is 0 Å². The van der Waals surface area contributed by atoms with E-state index in [0.29, 0.717) is 29.2 Å². The van der Waals surface area contributed by atoms with Crippen LogP contribution in [0.2, 0.25) is 0 Å². The smallest absolute Gasteiger partial charge is 0.338 e. The van der Waals surface area contributed by atoms with E-state index < -0.39 is 11.4 Å². The highest BCUT2D eigenvalue weighted by atomic mass is 16.5. The van der Waals surface area contributed by atoms with Gasteiger partial charge in [0.05, 0.1) is 11.0 Å². The Morgan fingerprint density at radius 1 is 0.745 bits per heavy atom. The van der Waals surface area contributed by atoms with Crippen LogP contribution in [0.5, 0.6) is 0 Å². The van der Waals surface area contributed by atoms with Gasteiger partial charge in [-0.05, 0) is 140 Å². The zero-order valence-electron chi connectivity index (χ0n) is 29.6. The highest BCUT2D eigenvalue weighted by molar-refractivity contribution is 5.90. The van der Waals surface area contributed by atoms with Crippen LogP contribution in [-0.4, -0.2) is 23.1 Å². The summed E-state index contributed by atoms with van der Waals surface area (Å²) in [4.78, 5) is 26.5. The molecule has 5 aliphatic carbocycles. The van der Waals surface area contributed by atoms with Gasteiger partial charge in [0.1, 0.15) is 6.10 Å². The maximum Gasteiger partial charge on any atom is 0.338 e. The van der Waals surface area contributed by atoms with Crippen molar-refractivity contribution in [2.75, 3.05) is 0 Å². The van der Waals surface area contributed by atoms with Crippen molar-refractivity contribution in [2.24, 2.45) is 56.7 Å². The minimum atomic E-state index is -0.551. The van der Waals surface area contributed by atoms with E-state index in [1.165, 1.54) is 12.8 Å². The van der Waals surface area contributed by atoms with Gasteiger partial charge < -0.3 is 9.84 Å². The molecule has 0 saturated heterocycles. The van der Waals surface area contributed by atoms with E-state index in [9.17, 15) is 14.7 Å². The molecule has 5 fully saturated rings. The lowest BCUT2D eigenvalue weighted by Crippen LogP contribution is -2.67. The van der Waals surface area contributed by atoms with Gasteiger partial charge in [0.2, 0.25) is 0 Å². The molecule has 5 saturated carbocycles. The van der Waals surface area contributed by atoms with Crippen LogP contribution in [0.25, 0.3) is 11.1 Å². The summed E-state index contributed by atoms with van der Waals surface area (Å²) in [5, 5.41) is 10.7. The second-order valence-corrected chi connectivity index (χ2v) is 17.6. The third-order valence-corrected chi connectivity index (χ3v) is 15.8. The summed E-state index contributed by atoms with van der Waals surface area (Å²) in [5.74, 6) is 1.39. The Bertz CT molecular complexity index is 1540. The van der Waals surface area contributed by atoms with Gasteiger partial charge in [0, 0.05) is 5.41 Å². The maximum absolute atomic E-state index is 13.5. The van der Waals surface area contributed by atoms with Crippen LogP contribution < -0.4 is 0 Å². The van der Waals surface area contributed by atoms with E-state index >= 15 is 0 Å². The number of carboxylic acid groups (broad SMARTS) is 1. The Morgan fingerprint density at radius 3 is 2.13 bits per heavy atom. The monoisotopic (exact) mass is 636 g/mol. The first-order valence-electron chi connectivity index (χ1n) is 18.5. The molecule has 0 amide bonds. The second kappa shape index (κ2) is 11.3. The Morgan fingerprint density at radius 2 is 1.45 bits per heavy atom. The maximum atomic E-state index is 13.5. The van der Waals surface area contributed by atoms with Crippen molar-refractivity contribution in [1.82, 2.24) is 0 Å². The molecule has 2 aromatic carbocycles. The summed E-state index contributed by atoms with van der Waals surface area (Å²) in [6.07, 6.45) is 14.7. The Balaban J connectivity index is 1.12. The molecule has 5 aliphatic rings. The molecule has 0 aromatic heterocycles. The van der Waals surface area contributed by atoms with E-state index in [0.717, 1.165) is 62.5 Å². The first-order chi connectivity index (χ1) is 22.3. The summed E-state index contributed by atoms with van der Waals surface area (Å²) >= 11 is 0. The average molecular weight is 637 g/mol. The minimum Gasteiger partial charge on any atom is -0.481 e. The summed E-state index contributed by atoms with van der Waals surface area (Å²) in [6, 6.07) is 18.1. The number of aliphatic carboxylic acids is 1. The first-order valence-corrected chi connectivity index (χ1v) is 18.5. The molecule has 47 heavy (non-hydrogen) atoms. The zero-order valence-corrected chi connectivity index (χ0v) is 29.6. The number of hydrogen-bond acceptors (Lipinski definition) is 3. The molecular formula is C43H56O4. The number of fused-ring (bicyclic) bond motifs is 7. The van der Waals surface area contributed by atoms with Crippen LogP contribution in [0.15, 0.2) is 66.7 Å². The Hall–Kier alpha value is -2.88. The number of carbonyl (C=O) groups excluding carboxylic acids is 1. The predicted molar refractivity (Wildman–Crippen MR) is 188 cm³/mol. The van der Waals surface area contributed by atoms with Crippen molar-refractivity contribution in [3.05, 3.63) is 72.3 Å². The van der Waals surface area contributed by atoms with Gasteiger partial charge in [0.15, 0.2) is 0 Å². The molecule has 0 aliphatic heterocycles. The van der Waals surface area contributed by atoms with Crippen molar-refractivity contribution in [3.63, 3.8) is 0 Å². The third kappa shape index (κ3) is 4.66. The predicted octanol–water partition coefficient (Wildman–Crippen LogP) is 10.6. The minimum absolute atomic E-state index is 0.107. The average Bonchev–Trinajstić information content (AvgIpc) is 3.43. The molecular weight excluding hydrogens is 580 g/mol. The van der Waals surface area contributed by atoms with Gasteiger partial charge in [-0.1, -0.05) is 89.2 Å². The van der Waals surface area contributed by atoms with Crippen LogP contribution >= 0.6 is 0 Å². The molecule has 0 heterocycles. The summed E-state index contributed by atoms with van der Waals surface area (Å²) in [6.45, 7) is 14.6. The number of carbonyl (C=O) groups is 2. The van der Waals surface area contributed by atoms with Gasteiger partial charge in [-0.2, -0.15) is 0 Å². The molecule has 10 atom stereocenters. The fraction of sp³-hybridized carbons (Fsp3) is 0.628. The highest BCUT2D eigenvalue weighted by Gasteiger charge is 2.72. The number of hydrogen-bond donors (Lipinski definition) is 1. The second-order valence-electron chi connectivity index (χ2n) is 17.6. The summed E-state index contributed by atoms with van der Waals surface area (Å²) in [7, 11) is 0. The zero-order chi connectivity index (χ0) is 33.4. The van der Waals surface area contributed by atoms with Crippen molar-refractivity contribution >= 4 is 11.9 Å². The van der Waals surface area contributed by atoms with E-state index in [1.807, 2.05) is 42.5 Å². The summed E-state index contributed by atoms with van der Waals surface area (Å²) < 4.78 is 6.41. The fourth-order valence-electron chi connectivity index (χ4n) is 13.3. The molecule has 0 spiro atoms. The molecule has 4 nitrogen and oxygen atoms in total. The van der Waals surface area contributed by atoms with Crippen molar-refractivity contribution < 1.29 is 19.4 Å². The van der Waals surface area contributed by atoms with Gasteiger partial charge in [-0.15, -0.1) is 0 Å². The largest absolute Gasteiger partial charge is 0.481 e. The van der Waals surface area contributed by atoms with Gasteiger partial charge in [-0.3, -0.25) is 4.79 Å². The molecule has 3 unspecified atom stereocenters. The lowest BCUT2D eigenvalue weighted by molar-refractivity contribution is -0.247. The molecule has 1 N–H and O–H groups in total.